The molecule has 3 rings (SSSR count). The molecule has 0 spiro atoms. The van der Waals surface area contributed by atoms with Gasteiger partial charge in [-0.2, -0.15) is 0 Å². The molecule has 0 bridgehead atoms. The number of hydrogen-bond acceptors (Lipinski definition) is 6. The second kappa shape index (κ2) is 7.16. The average Bonchev–Trinajstić information content (AvgIpc) is 2.62. The summed E-state index contributed by atoms with van der Waals surface area (Å²) < 4.78 is 0. The first kappa shape index (κ1) is 17.3. The second-order valence-corrected chi connectivity index (χ2v) is 5.60. The first-order valence-electron chi connectivity index (χ1n) is 7.32. The molecule has 0 aliphatic heterocycles. The second-order valence-electron chi connectivity index (χ2n) is 5.16. The molecule has 3 N–H and O–H groups in total. The van der Waals surface area contributed by atoms with Gasteiger partial charge in [0.15, 0.2) is 5.78 Å². The highest BCUT2D eigenvalue weighted by atomic mass is 35.5. The van der Waals surface area contributed by atoms with Gasteiger partial charge in [0.1, 0.15) is 0 Å². The van der Waals surface area contributed by atoms with E-state index >= 15 is 0 Å². The van der Waals surface area contributed by atoms with Gasteiger partial charge in [-0.05, 0) is 18.2 Å². The lowest BCUT2D eigenvalue weighted by atomic mass is 10.0. The van der Waals surface area contributed by atoms with Crippen molar-refractivity contribution in [3.63, 3.8) is 0 Å². The van der Waals surface area contributed by atoms with E-state index in [4.69, 9.17) is 11.6 Å². The maximum Gasteiger partial charge on any atom is 0.328 e. The van der Waals surface area contributed by atoms with Gasteiger partial charge in [0.2, 0.25) is 11.6 Å². The van der Waals surface area contributed by atoms with Crippen molar-refractivity contribution >= 4 is 28.8 Å². The minimum absolute atomic E-state index is 0.147. The van der Waals surface area contributed by atoms with E-state index in [1.165, 1.54) is 18.2 Å². The molecule has 0 aliphatic rings. The highest BCUT2D eigenvalue weighted by Crippen LogP contribution is 2.28. The third kappa shape index (κ3) is 3.60. The molecule has 0 aliphatic carbocycles. The van der Waals surface area contributed by atoms with Gasteiger partial charge in [0, 0.05) is 10.6 Å². The van der Waals surface area contributed by atoms with E-state index in [0.29, 0.717) is 10.6 Å². The number of halogens is 1. The molecule has 0 saturated carbocycles. The Labute approximate surface area is 150 Å². The van der Waals surface area contributed by atoms with Crippen LogP contribution >= 0.6 is 11.6 Å². The van der Waals surface area contributed by atoms with Crippen molar-refractivity contribution in [1.29, 1.82) is 0 Å². The third-order valence-corrected chi connectivity index (χ3v) is 3.63. The summed E-state index contributed by atoms with van der Waals surface area (Å²) in [6.07, 6.45) is 0. The fraction of sp³-hybridized carbons (Fsp3) is 0. The Morgan fingerprint density at radius 3 is 2.42 bits per heavy atom. The lowest BCUT2D eigenvalue weighted by Crippen LogP contribution is -2.20. The van der Waals surface area contributed by atoms with Gasteiger partial charge < -0.3 is 5.11 Å². The molecule has 0 atom stereocenters. The molecule has 3 aromatic rings. The quantitative estimate of drug-likeness (QED) is 0.481. The number of ketones is 1. The van der Waals surface area contributed by atoms with Crippen LogP contribution in [0.5, 0.6) is 5.88 Å². The van der Waals surface area contributed by atoms with Crippen LogP contribution in [-0.4, -0.2) is 20.9 Å². The highest BCUT2D eigenvalue weighted by Gasteiger charge is 2.15. The molecule has 26 heavy (non-hydrogen) atoms. The van der Waals surface area contributed by atoms with Gasteiger partial charge in [-0.3, -0.25) is 19.6 Å². The molecule has 9 heteroatoms. The Bertz CT molecular complexity index is 1120. The fourth-order valence-electron chi connectivity index (χ4n) is 2.19. The molecule has 0 saturated heterocycles. The molecule has 8 nitrogen and oxygen atoms in total. The minimum Gasteiger partial charge on any atom is -0.493 e. The summed E-state index contributed by atoms with van der Waals surface area (Å²) in [4.78, 5) is 39.4. The maximum absolute atomic E-state index is 12.7. The molecule has 1 heterocycles. The summed E-state index contributed by atoms with van der Waals surface area (Å²) in [5.74, 6) is -1.06. The van der Waals surface area contributed by atoms with Gasteiger partial charge in [-0.1, -0.05) is 41.9 Å². The van der Waals surface area contributed by atoms with E-state index in [2.05, 4.69) is 10.2 Å². The average molecular weight is 371 g/mol. The van der Waals surface area contributed by atoms with Crippen LogP contribution in [0.1, 0.15) is 15.9 Å². The van der Waals surface area contributed by atoms with E-state index in [0.717, 1.165) is 0 Å². The summed E-state index contributed by atoms with van der Waals surface area (Å²) in [7, 11) is 0. The molecule has 0 unspecified atom stereocenters. The number of hydrogen-bond donors (Lipinski definition) is 3. The van der Waals surface area contributed by atoms with Gasteiger partial charge in [0.25, 0.3) is 5.56 Å². The standard InChI is InChI=1S/C17H11ClN4O4/c18-10-6-7-12(11(8-10)14(23)9-4-2-1-3-5-9)21-22-13-15(24)19-17(26)20-16(13)25/h1-8H,(H3,19,20,24,25,26). The van der Waals surface area contributed by atoms with E-state index in [1.807, 2.05) is 9.97 Å². The van der Waals surface area contributed by atoms with E-state index in [1.54, 1.807) is 30.3 Å². The summed E-state index contributed by atoms with van der Waals surface area (Å²) in [5.41, 5.74) is -1.53. The Balaban J connectivity index is 2.06. The first-order chi connectivity index (χ1) is 12.5. The molecule has 0 amide bonds. The number of H-pyrrole nitrogens is 2. The normalized spacial score (nSPS) is 11.0. The van der Waals surface area contributed by atoms with Crippen molar-refractivity contribution in [2.24, 2.45) is 10.2 Å². The number of benzene rings is 2. The zero-order chi connectivity index (χ0) is 18.7. The van der Waals surface area contributed by atoms with Crippen molar-refractivity contribution in [2.45, 2.75) is 0 Å². The zero-order valence-corrected chi connectivity index (χ0v) is 13.8. The van der Waals surface area contributed by atoms with Crippen molar-refractivity contribution in [3.05, 3.63) is 85.5 Å². The Hall–Kier alpha value is -3.52. The van der Waals surface area contributed by atoms with Crippen molar-refractivity contribution in [1.82, 2.24) is 9.97 Å². The summed E-state index contributed by atoms with van der Waals surface area (Å²) in [5, 5.41) is 17.5. The number of aromatic hydroxyl groups is 1. The number of nitrogens with one attached hydrogen (secondary N) is 2. The smallest absolute Gasteiger partial charge is 0.328 e. The molecule has 1 aromatic heterocycles. The number of nitrogens with zero attached hydrogens (tertiary/aromatic N) is 2. The topological polar surface area (TPSA) is 128 Å². The lowest BCUT2D eigenvalue weighted by molar-refractivity contribution is 0.103. The van der Waals surface area contributed by atoms with Crippen LogP contribution < -0.4 is 11.2 Å². The third-order valence-electron chi connectivity index (χ3n) is 3.40. The summed E-state index contributed by atoms with van der Waals surface area (Å²) >= 11 is 5.97. The number of rotatable bonds is 4. The summed E-state index contributed by atoms with van der Waals surface area (Å²) in [6, 6.07) is 12.9. The fourth-order valence-corrected chi connectivity index (χ4v) is 2.36. The predicted molar refractivity (Wildman–Crippen MR) is 94.9 cm³/mol. The molecule has 130 valence electrons. The van der Waals surface area contributed by atoms with Gasteiger partial charge in [-0.25, -0.2) is 4.79 Å². The van der Waals surface area contributed by atoms with E-state index in [9.17, 15) is 19.5 Å². The lowest BCUT2D eigenvalue weighted by Gasteiger charge is -2.05. The number of aromatic nitrogens is 2. The predicted octanol–water partition coefficient (Wildman–Crippen LogP) is 3.07. The van der Waals surface area contributed by atoms with E-state index < -0.39 is 22.8 Å². The van der Waals surface area contributed by atoms with Crippen LogP contribution in [0.15, 0.2) is 68.3 Å². The highest BCUT2D eigenvalue weighted by molar-refractivity contribution is 6.31. The molecular formula is C17H11ClN4O4. The van der Waals surface area contributed by atoms with Gasteiger partial charge in [0.05, 0.1) is 11.3 Å². The van der Waals surface area contributed by atoms with Crippen LogP contribution in [-0.2, 0) is 0 Å². The Morgan fingerprint density at radius 2 is 1.73 bits per heavy atom. The van der Waals surface area contributed by atoms with Crippen LogP contribution in [0.3, 0.4) is 0 Å². The SMILES string of the molecule is O=C(c1ccccc1)c1cc(Cl)ccc1N=Nc1c(O)[nH]c(=O)[nH]c1=O. The minimum atomic E-state index is -0.917. The monoisotopic (exact) mass is 370 g/mol. The van der Waals surface area contributed by atoms with Crippen molar-refractivity contribution < 1.29 is 9.90 Å². The Kier molecular flexibility index (Phi) is 4.76. The van der Waals surface area contributed by atoms with Gasteiger partial charge in [-0.15, -0.1) is 10.2 Å². The Morgan fingerprint density at radius 1 is 1.00 bits per heavy atom. The van der Waals surface area contributed by atoms with Crippen molar-refractivity contribution in [2.75, 3.05) is 0 Å². The molecule has 0 radical (unpaired) electrons. The molecule has 0 fully saturated rings. The zero-order valence-electron chi connectivity index (χ0n) is 13.1. The van der Waals surface area contributed by atoms with Crippen LogP contribution in [0.4, 0.5) is 11.4 Å². The number of carbonyl (C=O) groups is 1. The van der Waals surface area contributed by atoms with Gasteiger partial charge >= 0.3 is 5.69 Å². The number of carbonyl (C=O) groups excluding carboxylic acids is 1. The van der Waals surface area contributed by atoms with Crippen LogP contribution in [0.25, 0.3) is 0 Å². The maximum atomic E-state index is 12.7. The van der Waals surface area contributed by atoms with Crippen LogP contribution in [0, 0.1) is 0 Å². The summed E-state index contributed by atoms with van der Waals surface area (Å²) in [6.45, 7) is 0. The van der Waals surface area contributed by atoms with E-state index in [-0.39, 0.29) is 17.0 Å². The van der Waals surface area contributed by atoms with Crippen molar-refractivity contribution in [3.8, 4) is 5.88 Å². The number of azo groups is 1. The van der Waals surface area contributed by atoms with Crippen LogP contribution in [0.2, 0.25) is 5.02 Å². The molecule has 2 aromatic carbocycles. The first-order valence-corrected chi connectivity index (χ1v) is 7.70. The number of aromatic amines is 2. The largest absolute Gasteiger partial charge is 0.493 e. The molecular weight excluding hydrogens is 360 g/mol.